The summed E-state index contributed by atoms with van der Waals surface area (Å²) in [5.74, 6) is 0. The van der Waals surface area contributed by atoms with Crippen LogP contribution in [0.5, 0.6) is 0 Å². The zero-order valence-electron chi connectivity index (χ0n) is 25.1. The van der Waals surface area contributed by atoms with E-state index in [9.17, 15) is 0 Å². The summed E-state index contributed by atoms with van der Waals surface area (Å²) in [4.78, 5) is 0. The molecule has 210 valence electrons. The van der Waals surface area contributed by atoms with Gasteiger partial charge in [-0.15, -0.1) is 0 Å². The fraction of sp³-hybridized carbons (Fsp3) is 1.00. The number of hydrogen-bond acceptors (Lipinski definition) is 4. The lowest BCUT2D eigenvalue weighted by atomic mass is 10.0. The molecule has 35 heavy (non-hydrogen) atoms. The molecule has 5 heteroatoms. The molecule has 1 fully saturated rings. The summed E-state index contributed by atoms with van der Waals surface area (Å²) >= 11 is 0. The van der Waals surface area contributed by atoms with E-state index in [-0.39, 0.29) is 0 Å². The van der Waals surface area contributed by atoms with Crippen LogP contribution < -0.4 is 5.43 Å². The van der Waals surface area contributed by atoms with Crippen molar-refractivity contribution in [3.05, 3.63) is 0 Å². The Bertz CT molecular complexity index is 495. The fourth-order valence-corrected chi connectivity index (χ4v) is 6.07. The second-order valence-corrected chi connectivity index (χ2v) is 17.5. The molecule has 0 aromatic carbocycles. The lowest BCUT2D eigenvalue weighted by Crippen LogP contribution is -2.49. The van der Waals surface area contributed by atoms with Crippen LogP contribution >= 0.6 is 0 Å². The molecule has 0 unspecified atom stereocenters. The predicted molar refractivity (Wildman–Crippen MR) is 157 cm³/mol. The smallest absolute Gasteiger partial charge is 0.191 e. The van der Waals surface area contributed by atoms with E-state index in [2.05, 4.69) is 51.2 Å². The van der Waals surface area contributed by atoms with E-state index in [4.69, 9.17) is 9.16 Å². The van der Waals surface area contributed by atoms with E-state index in [0.29, 0.717) is 17.1 Å². The van der Waals surface area contributed by atoms with Gasteiger partial charge in [0.15, 0.2) is 8.32 Å². The van der Waals surface area contributed by atoms with Gasteiger partial charge in [0, 0.05) is 32.3 Å². The zero-order valence-corrected chi connectivity index (χ0v) is 26.1. The van der Waals surface area contributed by atoms with Crippen molar-refractivity contribution < 1.29 is 9.16 Å². The van der Waals surface area contributed by atoms with E-state index < -0.39 is 8.32 Å². The normalized spacial score (nSPS) is 18.4. The minimum atomic E-state index is -1.64. The Morgan fingerprint density at radius 1 is 0.857 bits per heavy atom. The molecular weight excluding hydrogens is 448 g/mol. The maximum Gasteiger partial charge on any atom is 0.191 e. The molecule has 0 aromatic heterocycles. The van der Waals surface area contributed by atoms with Crippen molar-refractivity contribution in [1.29, 1.82) is 0 Å². The molecule has 0 aromatic rings. The van der Waals surface area contributed by atoms with Crippen LogP contribution in [-0.2, 0) is 9.16 Å². The summed E-state index contributed by atoms with van der Waals surface area (Å²) in [5, 5.41) is 2.78. The summed E-state index contributed by atoms with van der Waals surface area (Å²) < 4.78 is 12.0. The van der Waals surface area contributed by atoms with Gasteiger partial charge in [-0.3, -0.25) is 5.43 Å². The van der Waals surface area contributed by atoms with Crippen LogP contribution in [0.1, 0.15) is 137 Å². The van der Waals surface area contributed by atoms with Crippen molar-refractivity contribution in [3.63, 3.8) is 0 Å². The van der Waals surface area contributed by atoms with E-state index in [0.717, 1.165) is 26.2 Å². The van der Waals surface area contributed by atoms with Crippen molar-refractivity contribution in [3.8, 4) is 0 Å². The van der Waals surface area contributed by atoms with Gasteiger partial charge < -0.3 is 9.16 Å². The van der Waals surface area contributed by atoms with Gasteiger partial charge in [-0.25, -0.2) is 5.01 Å². The summed E-state index contributed by atoms with van der Waals surface area (Å²) in [7, 11) is 0.191. The van der Waals surface area contributed by atoms with Crippen molar-refractivity contribution in [2.75, 3.05) is 26.9 Å². The lowest BCUT2D eigenvalue weighted by molar-refractivity contribution is 0.0664. The molecule has 0 aliphatic carbocycles. The van der Waals surface area contributed by atoms with Gasteiger partial charge >= 0.3 is 0 Å². The highest BCUT2D eigenvalue weighted by Gasteiger charge is 2.36. The Balaban J connectivity index is 2.30. The Morgan fingerprint density at radius 2 is 1.40 bits per heavy atom. The van der Waals surface area contributed by atoms with Gasteiger partial charge in [0.2, 0.25) is 0 Å². The molecule has 1 heterocycles. The third kappa shape index (κ3) is 15.2. The number of methoxy groups -OCH3 is 1. The minimum Gasteiger partial charge on any atom is -0.417 e. The molecule has 4 nitrogen and oxygen atoms in total. The summed E-state index contributed by atoms with van der Waals surface area (Å²) in [6, 6.07) is 1.10. The molecule has 0 amide bonds. The quantitative estimate of drug-likeness (QED) is 0.116. The van der Waals surface area contributed by atoms with Crippen molar-refractivity contribution in [2.45, 2.75) is 167 Å². The number of ether oxygens (including phenoxy) is 1. The minimum absolute atomic E-state index is 0.294. The standard InChI is InChI=1S/C30H64N2O2Si/c1-8-9-10-11-12-13-14-15-16-17-18-19-22-28(31-32-25-20-24-29(32)27-33-5)23-21-26-34-35(6,7)30(2,3)4/h28-29,31H,8-27H2,1-7H3/t28-,29-/m0/s1. The highest BCUT2D eigenvalue weighted by atomic mass is 28.4. The first-order chi connectivity index (χ1) is 16.7. The molecule has 0 saturated carbocycles. The van der Waals surface area contributed by atoms with Gasteiger partial charge in [0.05, 0.1) is 6.61 Å². The van der Waals surface area contributed by atoms with Crippen LogP contribution in [0, 0.1) is 0 Å². The number of nitrogens with zero attached hydrogens (tertiary/aromatic N) is 1. The molecule has 1 N–H and O–H groups in total. The van der Waals surface area contributed by atoms with Crippen molar-refractivity contribution in [1.82, 2.24) is 10.4 Å². The first kappa shape index (κ1) is 33.1. The SMILES string of the molecule is CCCCCCCCCCCCCC[C@@H](CCCO[Si](C)(C)C(C)(C)C)NN1CCC[C@H]1COC. The molecular formula is C30H64N2O2Si. The van der Waals surface area contributed by atoms with Crippen LogP contribution in [0.15, 0.2) is 0 Å². The van der Waals surface area contributed by atoms with Crippen molar-refractivity contribution in [2.24, 2.45) is 0 Å². The second-order valence-electron chi connectivity index (χ2n) is 12.7. The maximum absolute atomic E-state index is 6.47. The van der Waals surface area contributed by atoms with E-state index >= 15 is 0 Å². The molecule has 2 atom stereocenters. The van der Waals surface area contributed by atoms with Crippen LogP contribution in [-0.4, -0.2) is 52.3 Å². The van der Waals surface area contributed by atoms with Crippen LogP contribution in [0.3, 0.4) is 0 Å². The average Bonchev–Trinajstić information content (AvgIpc) is 3.23. The lowest BCUT2D eigenvalue weighted by Gasteiger charge is -2.36. The number of unbranched alkanes of at least 4 members (excludes halogenated alkanes) is 11. The Kier molecular flexibility index (Phi) is 18.1. The molecule has 1 aliphatic heterocycles. The number of hydrazine groups is 1. The predicted octanol–water partition coefficient (Wildman–Crippen LogP) is 8.86. The molecule has 0 radical (unpaired) electrons. The van der Waals surface area contributed by atoms with Crippen LogP contribution in [0.2, 0.25) is 18.1 Å². The van der Waals surface area contributed by atoms with Gasteiger partial charge in [0.1, 0.15) is 0 Å². The Hall–Kier alpha value is 0.0569. The van der Waals surface area contributed by atoms with Crippen LogP contribution in [0.4, 0.5) is 0 Å². The summed E-state index contributed by atoms with van der Waals surface area (Å²) in [6.07, 6.45) is 23.2. The number of rotatable bonds is 22. The first-order valence-corrected chi connectivity index (χ1v) is 18.3. The molecule has 0 bridgehead atoms. The highest BCUT2D eigenvalue weighted by molar-refractivity contribution is 6.74. The van der Waals surface area contributed by atoms with E-state index in [1.165, 1.54) is 103 Å². The number of hydrogen-bond donors (Lipinski definition) is 1. The zero-order chi connectivity index (χ0) is 26.0. The maximum atomic E-state index is 6.47. The van der Waals surface area contributed by atoms with Crippen molar-refractivity contribution >= 4 is 8.32 Å². The molecule has 0 spiro atoms. The monoisotopic (exact) mass is 512 g/mol. The third-order valence-electron chi connectivity index (χ3n) is 8.46. The third-order valence-corrected chi connectivity index (χ3v) is 13.0. The number of nitrogens with one attached hydrogen (secondary N) is 1. The summed E-state index contributed by atoms with van der Waals surface area (Å²) in [6.45, 7) is 16.9. The van der Waals surface area contributed by atoms with E-state index in [1.54, 1.807) is 0 Å². The van der Waals surface area contributed by atoms with Gasteiger partial charge in [-0.1, -0.05) is 105 Å². The Labute approximate surface area is 221 Å². The largest absolute Gasteiger partial charge is 0.417 e. The van der Waals surface area contributed by atoms with Gasteiger partial charge in [0.25, 0.3) is 0 Å². The molecule has 1 saturated heterocycles. The Morgan fingerprint density at radius 3 is 1.94 bits per heavy atom. The fourth-order valence-electron chi connectivity index (χ4n) is 4.98. The van der Waals surface area contributed by atoms with Gasteiger partial charge in [-0.2, -0.15) is 0 Å². The molecule has 1 aliphatic rings. The van der Waals surface area contributed by atoms with E-state index in [1.807, 2.05) is 7.11 Å². The average molecular weight is 513 g/mol. The first-order valence-electron chi connectivity index (χ1n) is 15.4. The summed E-state index contributed by atoms with van der Waals surface area (Å²) in [5.41, 5.74) is 3.93. The van der Waals surface area contributed by atoms with Gasteiger partial charge in [-0.05, 0) is 50.2 Å². The molecule has 1 rings (SSSR count). The second kappa shape index (κ2) is 19.2. The topological polar surface area (TPSA) is 33.7 Å². The highest BCUT2D eigenvalue weighted by Crippen LogP contribution is 2.36. The van der Waals surface area contributed by atoms with Crippen LogP contribution in [0.25, 0.3) is 0 Å².